The monoisotopic (exact) mass is 239 g/mol. The van der Waals surface area contributed by atoms with Crippen LogP contribution in [0.4, 0.5) is 5.69 Å². The first-order valence-corrected chi connectivity index (χ1v) is 6.01. The van der Waals surface area contributed by atoms with E-state index in [1.165, 1.54) is 0 Å². The SMILES string of the molecule is CC1=C(C)S(=O)N(c2ccccc2)[C@@H]1OO. The Bertz CT molecular complexity index is 444. The maximum absolute atomic E-state index is 12.1. The molecule has 0 bridgehead atoms. The lowest BCUT2D eigenvalue weighted by Gasteiger charge is -2.23. The fraction of sp³-hybridized carbons (Fsp3) is 0.273. The van der Waals surface area contributed by atoms with Crippen molar-refractivity contribution in [1.29, 1.82) is 0 Å². The molecule has 4 nitrogen and oxygen atoms in total. The molecule has 1 aliphatic heterocycles. The maximum Gasteiger partial charge on any atom is 0.199 e. The van der Waals surface area contributed by atoms with Crippen molar-refractivity contribution in [2.24, 2.45) is 0 Å². The zero-order chi connectivity index (χ0) is 11.7. The summed E-state index contributed by atoms with van der Waals surface area (Å²) >= 11 is 0. The molecule has 1 aromatic rings. The lowest BCUT2D eigenvalue weighted by Crippen LogP contribution is -2.33. The minimum Gasteiger partial charge on any atom is -0.254 e. The summed E-state index contributed by atoms with van der Waals surface area (Å²) in [6.45, 7) is 3.58. The van der Waals surface area contributed by atoms with Gasteiger partial charge < -0.3 is 0 Å². The number of benzene rings is 1. The van der Waals surface area contributed by atoms with Gasteiger partial charge in [-0.1, -0.05) is 18.2 Å². The van der Waals surface area contributed by atoms with Crippen molar-refractivity contribution in [2.75, 3.05) is 4.31 Å². The molecule has 16 heavy (non-hydrogen) atoms. The molecule has 5 heteroatoms. The molecule has 0 spiro atoms. The van der Waals surface area contributed by atoms with E-state index in [9.17, 15) is 4.21 Å². The minimum absolute atomic E-state index is 0.664. The van der Waals surface area contributed by atoms with Crippen LogP contribution in [-0.4, -0.2) is 15.7 Å². The van der Waals surface area contributed by atoms with Gasteiger partial charge in [-0.15, -0.1) is 0 Å². The third-order valence-electron chi connectivity index (χ3n) is 2.69. The lowest BCUT2D eigenvalue weighted by molar-refractivity contribution is -0.264. The van der Waals surface area contributed by atoms with Crippen molar-refractivity contribution >= 4 is 16.7 Å². The number of anilines is 1. The van der Waals surface area contributed by atoms with Gasteiger partial charge in [-0.3, -0.25) is 4.31 Å². The second kappa shape index (κ2) is 4.37. The molecule has 0 saturated heterocycles. The van der Waals surface area contributed by atoms with Crippen LogP contribution in [0, 0.1) is 0 Å². The highest BCUT2D eigenvalue weighted by Crippen LogP contribution is 2.33. The molecular formula is C11H13NO3S. The fourth-order valence-corrected chi connectivity index (χ4v) is 3.00. The fourth-order valence-electron chi connectivity index (χ4n) is 1.65. The van der Waals surface area contributed by atoms with Gasteiger partial charge in [0.25, 0.3) is 0 Å². The van der Waals surface area contributed by atoms with Crippen molar-refractivity contribution in [3.8, 4) is 0 Å². The predicted octanol–water partition coefficient (Wildman–Crippen LogP) is 2.28. The molecule has 0 aromatic heterocycles. The molecule has 0 aliphatic carbocycles. The number of nitrogens with zero attached hydrogens (tertiary/aromatic N) is 1. The number of hydrogen-bond donors (Lipinski definition) is 1. The van der Waals surface area contributed by atoms with Gasteiger partial charge in [0.15, 0.2) is 17.2 Å². The highest BCUT2D eigenvalue weighted by molar-refractivity contribution is 7.90. The van der Waals surface area contributed by atoms with E-state index in [1.807, 2.05) is 30.3 Å². The molecule has 0 saturated carbocycles. The van der Waals surface area contributed by atoms with Crippen molar-refractivity contribution in [3.05, 3.63) is 40.8 Å². The van der Waals surface area contributed by atoms with Crippen molar-refractivity contribution in [2.45, 2.75) is 20.1 Å². The molecule has 0 amide bonds. The quantitative estimate of drug-likeness (QED) is 0.636. The summed E-state index contributed by atoms with van der Waals surface area (Å²) < 4.78 is 13.6. The van der Waals surface area contributed by atoms with E-state index >= 15 is 0 Å². The molecule has 2 rings (SSSR count). The Morgan fingerprint density at radius 3 is 2.50 bits per heavy atom. The smallest absolute Gasteiger partial charge is 0.199 e. The van der Waals surface area contributed by atoms with Crippen LogP contribution >= 0.6 is 0 Å². The van der Waals surface area contributed by atoms with E-state index in [2.05, 4.69) is 4.89 Å². The van der Waals surface area contributed by atoms with E-state index < -0.39 is 17.2 Å². The minimum atomic E-state index is -1.29. The Labute approximate surface area is 96.7 Å². The van der Waals surface area contributed by atoms with Crippen LogP contribution in [0.3, 0.4) is 0 Å². The molecule has 0 fully saturated rings. The van der Waals surface area contributed by atoms with E-state index in [4.69, 9.17) is 5.26 Å². The summed E-state index contributed by atoms with van der Waals surface area (Å²) in [5.74, 6) is 0. The number of allylic oxidation sites excluding steroid dienone is 1. The zero-order valence-corrected chi connectivity index (χ0v) is 9.90. The first kappa shape index (κ1) is 11.3. The number of rotatable bonds is 2. The molecule has 1 unspecified atom stereocenters. The summed E-state index contributed by atoms with van der Waals surface area (Å²) in [7, 11) is -1.29. The van der Waals surface area contributed by atoms with E-state index in [0.29, 0.717) is 0 Å². The third-order valence-corrected chi connectivity index (χ3v) is 4.30. The van der Waals surface area contributed by atoms with E-state index in [1.54, 1.807) is 18.2 Å². The first-order chi connectivity index (χ1) is 7.66. The second-order valence-electron chi connectivity index (χ2n) is 3.61. The Morgan fingerprint density at radius 1 is 1.31 bits per heavy atom. The van der Waals surface area contributed by atoms with Gasteiger partial charge in [-0.25, -0.2) is 14.4 Å². The molecule has 2 atom stereocenters. The van der Waals surface area contributed by atoms with E-state index in [-0.39, 0.29) is 0 Å². The van der Waals surface area contributed by atoms with Crippen LogP contribution < -0.4 is 4.31 Å². The summed E-state index contributed by atoms with van der Waals surface area (Å²) in [6.07, 6.45) is -0.664. The Balaban J connectivity index is 2.41. The second-order valence-corrected chi connectivity index (χ2v) is 5.11. The Kier molecular flexibility index (Phi) is 3.09. The lowest BCUT2D eigenvalue weighted by atomic mass is 10.2. The van der Waals surface area contributed by atoms with Crippen LogP contribution in [0.25, 0.3) is 0 Å². The molecule has 1 aliphatic rings. The Morgan fingerprint density at radius 2 is 1.94 bits per heavy atom. The van der Waals surface area contributed by atoms with Gasteiger partial charge in [0.1, 0.15) is 0 Å². The largest absolute Gasteiger partial charge is 0.254 e. The van der Waals surface area contributed by atoms with Gasteiger partial charge in [0.2, 0.25) is 0 Å². The van der Waals surface area contributed by atoms with Crippen molar-refractivity contribution < 1.29 is 14.4 Å². The summed E-state index contributed by atoms with van der Waals surface area (Å²) in [4.78, 5) is 5.13. The molecule has 1 aromatic carbocycles. The van der Waals surface area contributed by atoms with Crippen LogP contribution in [0.5, 0.6) is 0 Å². The topological polar surface area (TPSA) is 49.8 Å². The molecular weight excluding hydrogens is 226 g/mol. The highest BCUT2D eigenvalue weighted by atomic mass is 32.2. The van der Waals surface area contributed by atoms with E-state index in [0.717, 1.165) is 16.2 Å². The van der Waals surface area contributed by atoms with Crippen molar-refractivity contribution in [3.63, 3.8) is 0 Å². The van der Waals surface area contributed by atoms with Gasteiger partial charge in [0, 0.05) is 4.91 Å². The van der Waals surface area contributed by atoms with Crippen molar-refractivity contribution in [1.82, 2.24) is 0 Å². The standard InChI is InChI=1S/C11H13NO3S/c1-8-9(2)16(14)12(11(8)15-13)10-6-4-3-5-7-10/h3-7,11,13H,1-2H3/t11-,16?/m1/s1. The number of para-hydroxylation sites is 1. The average molecular weight is 239 g/mol. The average Bonchev–Trinajstić information content (AvgIpc) is 2.54. The van der Waals surface area contributed by atoms with Crippen LogP contribution in [0.15, 0.2) is 40.8 Å². The number of hydrogen-bond acceptors (Lipinski definition) is 3. The van der Waals surface area contributed by atoms with Crippen LogP contribution in [-0.2, 0) is 15.9 Å². The van der Waals surface area contributed by atoms with Crippen LogP contribution in [0.1, 0.15) is 13.8 Å². The molecule has 1 heterocycles. The van der Waals surface area contributed by atoms with Gasteiger partial charge >= 0.3 is 0 Å². The molecule has 86 valence electrons. The molecule has 0 radical (unpaired) electrons. The summed E-state index contributed by atoms with van der Waals surface area (Å²) in [5, 5.41) is 8.89. The normalized spacial score (nSPS) is 25.3. The maximum atomic E-state index is 12.1. The summed E-state index contributed by atoms with van der Waals surface area (Å²) in [6, 6.07) is 9.24. The zero-order valence-electron chi connectivity index (χ0n) is 9.08. The predicted molar refractivity (Wildman–Crippen MR) is 62.9 cm³/mol. The first-order valence-electron chi connectivity index (χ1n) is 4.90. The summed E-state index contributed by atoms with van der Waals surface area (Å²) in [5.41, 5.74) is 1.54. The van der Waals surface area contributed by atoms with Gasteiger partial charge in [0.05, 0.1) is 5.69 Å². The molecule has 1 N–H and O–H groups in total. The Hall–Kier alpha value is -1.17. The van der Waals surface area contributed by atoms with Gasteiger partial charge in [-0.2, -0.15) is 0 Å². The van der Waals surface area contributed by atoms with Gasteiger partial charge in [-0.05, 0) is 31.6 Å². The third kappa shape index (κ3) is 1.67. The highest BCUT2D eigenvalue weighted by Gasteiger charge is 2.36. The van der Waals surface area contributed by atoms with Crippen LogP contribution in [0.2, 0.25) is 0 Å².